The van der Waals surface area contributed by atoms with Gasteiger partial charge in [0.15, 0.2) is 5.60 Å². The Balaban J connectivity index is 1.90. The maximum atomic E-state index is 13.2. The zero-order valence-electron chi connectivity index (χ0n) is 15.4. The molecule has 1 aliphatic rings. The molecule has 0 fully saturated rings. The lowest BCUT2D eigenvalue weighted by Crippen LogP contribution is -2.29. The molecular formula is C24H14Br2O4. The Morgan fingerprint density at radius 3 is 1.97 bits per heavy atom. The molecular weight excluding hydrogens is 512 g/mol. The van der Waals surface area contributed by atoms with Crippen LogP contribution in [-0.2, 0) is 10.3 Å². The third-order valence-electron chi connectivity index (χ3n) is 5.47. The molecule has 0 aliphatic carbocycles. The van der Waals surface area contributed by atoms with Crippen molar-refractivity contribution >= 4 is 48.6 Å². The van der Waals surface area contributed by atoms with E-state index >= 15 is 0 Å². The molecule has 5 rings (SSSR count). The fraction of sp³-hybridized carbons (Fsp3) is 0.0417. The van der Waals surface area contributed by atoms with Crippen LogP contribution in [0.4, 0.5) is 0 Å². The molecule has 1 aliphatic heterocycles. The number of fused-ring (bicyclic) bond motifs is 3. The second-order valence-corrected chi connectivity index (χ2v) is 8.82. The Hall–Kier alpha value is -2.83. The van der Waals surface area contributed by atoms with Gasteiger partial charge in [0.25, 0.3) is 0 Å². The van der Waals surface area contributed by atoms with Crippen LogP contribution < -0.4 is 0 Å². The van der Waals surface area contributed by atoms with Gasteiger partial charge in [0.2, 0.25) is 0 Å². The van der Waals surface area contributed by atoms with Gasteiger partial charge in [0.05, 0.1) is 14.5 Å². The first-order chi connectivity index (χ1) is 14.4. The summed E-state index contributed by atoms with van der Waals surface area (Å²) < 4.78 is 7.12. The number of aromatic hydroxyl groups is 2. The van der Waals surface area contributed by atoms with Crippen molar-refractivity contribution in [2.24, 2.45) is 0 Å². The zero-order chi connectivity index (χ0) is 21.0. The summed E-state index contributed by atoms with van der Waals surface area (Å²) in [5.74, 6) is -0.247. The van der Waals surface area contributed by atoms with Crippen LogP contribution in [0.1, 0.15) is 27.0 Å². The normalized spacial score (nSPS) is 14.5. The number of hydrogen-bond donors (Lipinski definition) is 2. The Bertz CT molecular complexity index is 1300. The van der Waals surface area contributed by atoms with Crippen molar-refractivity contribution in [2.75, 3.05) is 0 Å². The molecule has 148 valence electrons. The predicted octanol–water partition coefficient (Wildman–Crippen LogP) is 6.24. The molecule has 0 saturated heterocycles. The highest BCUT2D eigenvalue weighted by Crippen LogP contribution is 2.50. The van der Waals surface area contributed by atoms with Gasteiger partial charge in [-0.15, -0.1) is 0 Å². The van der Waals surface area contributed by atoms with E-state index in [2.05, 4.69) is 31.9 Å². The number of phenols is 2. The van der Waals surface area contributed by atoms with Gasteiger partial charge in [0.1, 0.15) is 11.5 Å². The summed E-state index contributed by atoms with van der Waals surface area (Å²) in [7, 11) is 0. The summed E-state index contributed by atoms with van der Waals surface area (Å²) in [6.45, 7) is 0. The van der Waals surface area contributed by atoms with Crippen molar-refractivity contribution in [2.45, 2.75) is 5.60 Å². The molecule has 0 amide bonds. The van der Waals surface area contributed by atoms with E-state index < -0.39 is 11.6 Å². The van der Waals surface area contributed by atoms with E-state index in [0.29, 0.717) is 31.2 Å². The lowest BCUT2D eigenvalue weighted by Gasteiger charge is -2.31. The van der Waals surface area contributed by atoms with Crippen molar-refractivity contribution in [1.29, 1.82) is 0 Å². The van der Waals surface area contributed by atoms with Gasteiger partial charge in [-0.25, -0.2) is 4.79 Å². The molecule has 0 unspecified atom stereocenters. The van der Waals surface area contributed by atoms with Crippen LogP contribution in [0.2, 0.25) is 0 Å². The van der Waals surface area contributed by atoms with Crippen molar-refractivity contribution in [1.82, 2.24) is 0 Å². The number of esters is 1. The number of carbonyl (C=O) groups excluding carboxylic acids is 1. The quantitative estimate of drug-likeness (QED) is 0.304. The highest BCUT2D eigenvalue weighted by atomic mass is 79.9. The van der Waals surface area contributed by atoms with Gasteiger partial charge in [-0.05, 0) is 66.9 Å². The minimum absolute atomic E-state index is 0.0869. The van der Waals surface area contributed by atoms with E-state index in [1.165, 1.54) is 0 Å². The number of phenolic OH excluding ortho intramolecular Hbond substituents is 2. The van der Waals surface area contributed by atoms with Gasteiger partial charge in [-0.3, -0.25) is 0 Å². The Morgan fingerprint density at radius 1 is 0.767 bits per heavy atom. The third kappa shape index (κ3) is 2.67. The lowest BCUT2D eigenvalue weighted by atomic mass is 9.79. The van der Waals surface area contributed by atoms with Gasteiger partial charge in [-0.1, -0.05) is 48.5 Å². The summed E-state index contributed by atoms with van der Waals surface area (Å²) in [6.07, 6.45) is 0. The van der Waals surface area contributed by atoms with Gasteiger partial charge in [0, 0.05) is 16.7 Å². The number of carbonyl (C=O) groups is 1. The first-order valence-electron chi connectivity index (χ1n) is 9.15. The van der Waals surface area contributed by atoms with Crippen molar-refractivity contribution in [3.63, 3.8) is 0 Å². The monoisotopic (exact) mass is 524 g/mol. The molecule has 1 heterocycles. The Labute approximate surface area is 189 Å². The van der Waals surface area contributed by atoms with Crippen molar-refractivity contribution in [3.8, 4) is 11.5 Å². The van der Waals surface area contributed by atoms with Crippen molar-refractivity contribution in [3.05, 3.63) is 104 Å². The van der Waals surface area contributed by atoms with E-state index in [1.807, 2.05) is 36.4 Å². The third-order valence-corrected chi connectivity index (χ3v) is 6.74. The number of hydrogen-bond acceptors (Lipinski definition) is 4. The van der Waals surface area contributed by atoms with Crippen LogP contribution in [0.25, 0.3) is 10.8 Å². The van der Waals surface area contributed by atoms with Gasteiger partial charge < -0.3 is 14.9 Å². The van der Waals surface area contributed by atoms with Gasteiger partial charge in [-0.2, -0.15) is 0 Å². The maximum absolute atomic E-state index is 13.2. The maximum Gasteiger partial charge on any atom is 0.340 e. The smallest absolute Gasteiger partial charge is 0.340 e. The van der Waals surface area contributed by atoms with E-state index in [-0.39, 0.29) is 11.5 Å². The topological polar surface area (TPSA) is 66.8 Å². The SMILES string of the molecule is O=C1OC(c2ccc(O)c(Br)c2)(c2ccc(O)c(Br)c2)c2ccc3ccccc3c21. The minimum atomic E-state index is -1.23. The standard InChI is InChI=1S/C24H14Br2O4/c25-18-11-14(6-9-20(18)27)24(15-7-10-21(28)19(26)12-15)17-8-5-13-3-1-2-4-16(13)22(17)23(29)30-24/h1-12,27-28H. The molecule has 4 nitrogen and oxygen atoms in total. The molecule has 0 radical (unpaired) electrons. The summed E-state index contributed by atoms with van der Waals surface area (Å²) in [4.78, 5) is 13.2. The highest BCUT2D eigenvalue weighted by Gasteiger charge is 2.49. The molecule has 6 heteroatoms. The number of benzene rings is 4. The summed E-state index contributed by atoms with van der Waals surface area (Å²) >= 11 is 6.74. The summed E-state index contributed by atoms with van der Waals surface area (Å²) in [5.41, 5.74) is 1.34. The number of rotatable bonds is 2. The van der Waals surface area contributed by atoms with Crippen molar-refractivity contribution < 1.29 is 19.7 Å². The number of cyclic esters (lactones) is 1. The van der Waals surface area contributed by atoms with E-state index in [9.17, 15) is 15.0 Å². The van der Waals surface area contributed by atoms with Gasteiger partial charge >= 0.3 is 5.97 Å². The zero-order valence-corrected chi connectivity index (χ0v) is 18.6. The first-order valence-corrected chi connectivity index (χ1v) is 10.7. The summed E-state index contributed by atoms with van der Waals surface area (Å²) in [6, 6.07) is 21.6. The Morgan fingerprint density at radius 2 is 1.37 bits per heavy atom. The Kier molecular flexibility index (Phi) is 4.38. The first kappa shape index (κ1) is 19.2. The molecule has 0 aromatic heterocycles. The fourth-order valence-corrected chi connectivity index (χ4v) is 4.83. The van der Waals surface area contributed by atoms with E-state index in [1.54, 1.807) is 36.4 Å². The lowest BCUT2D eigenvalue weighted by molar-refractivity contribution is 0.0252. The van der Waals surface area contributed by atoms with Crippen LogP contribution in [0, 0.1) is 0 Å². The average Bonchev–Trinajstić information content (AvgIpc) is 3.06. The fourth-order valence-electron chi connectivity index (χ4n) is 4.08. The number of ether oxygens (including phenoxy) is 1. The molecule has 30 heavy (non-hydrogen) atoms. The van der Waals surface area contributed by atoms with E-state index in [0.717, 1.165) is 10.8 Å². The average molecular weight is 526 g/mol. The molecule has 0 spiro atoms. The molecule has 4 aromatic rings. The van der Waals surface area contributed by atoms with Crippen LogP contribution >= 0.6 is 31.9 Å². The molecule has 4 aromatic carbocycles. The van der Waals surface area contributed by atoms with Crippen LogP contribution in [-0.4, -0.2) is 16.2 Å². The molecule has 0 bridgehead atoms. The highest BCUT2D eigenvalue weighted by molar-refractivity contribution is 9.10. The number of halogens is 2. The molecule has 0 atom stereocenters. The minimum Gasteiger partial charge on any atom is -0.507 e. The summed E-state index contributed by atoms with van der Waals surface area (Å²) in [5, 5.41) is 21.8. The predicted molar refractivity (Wildman–Crippen MR) is 121 cm³/mol. The second kappa shape index (κ2) is 6.86. The molecule has 0 saturated carbocycles. The van der Waals surface area contributed by atoms with Crippen LogP contribution in [0.5, 0.6) is 11.5 Å². The largest absolute Gasteiger partial charge is 0.507 e. The van der Waals surface area contributed by atoms with E-state index in [4.69, 9.17) is 4.74 Å². The molecule has 2 N–H and O–H groups in total. The van der Waals surface area contributed by atoms with Crippen LogP contribution in [0.3, 0.4) is 0 Å². The van der Waals surface area contributed by atoms with Crippen LogP contribution in [0.15, 0.2) is 81.7 Å². The second-order valence-electron chi connectivity index (χ2n) is 7.11.